The summed E-state index contributed by atoms with van der Waals surface area (Å²) in [5.74, 6) is -2.83. The summed E-state index contributed by atoms with van der Waals surface area (Å²) in [4.78, 5) is 40.0. The van der Waals surface area contributed by atoms with Crippen molar-refractivity contribution in [3.05, 3.63) is 34.5 Å². The summed E-state index contributed by atoms with van der Waals surface area (Å²) < 4.78 is 0. The van der Waals surface area contributed by atoms with Crippen molar-refractivity contribution in [2.75, 3.05) is 0 Å². The van der Waals surface area contributed by atoms with Gasteiger partial charge in [0.2, 0.25) is 0 Å². The maximum Gasteiger partial charge on any atom is 0.338 e. The van der Waals surface area contributed by atoms with Gasteiger partial charge in [0.25, 0.3) is 0 Å². The molecule has 1 aromatic carbocycles. The molecular formula is C12H11N3O4. The first-order chi connectivity index (χ1) is 8.97. The third-order valence-corrected chi connectivity index (χ3v) is 2.73. The van der Waals surface area contributed by atoms with Gasteiger partial charge in [0.05, 0.1) is 10.7 Å². The zero-order chi connectivity index (χ0) is 14.0. The SMILES string of the molecule is N[C@@H](CCc1ccc2c(c1)=NC(=O)C(=O)N=2)C(=O)O. The Morgan fingerprint density at radius 1 is 1.21 bits per heavy atom. The van der Waals surface area contributed by atoms with Crippen molar-refractivity contribution in [3.8, 4) is 0 Å². The van der Waals surface area contributed by atoms with Gasteiger partial charge in [-0.15, -0.1) is 0 Å². The van der Waals surface area contributed by atoms with E-state index in [0.717, 1.165) is 5.56 Å². The summed E-state index contributed by atoms with van der Waals surface area (Å²) in [5.41, 5.74) is 6.19. The molecule has 19 heavy (non-hydrogen) atoms. The van der Waals surface area contributed by atoms with Gasteiger partial charge in [0.1, 0.15) is 6.04 Å². The van der Waals surface area contributed by atoms with Gasteiger partial charge in [-0.3, -0.25) is 14.4 Å². The molecule has 1 aliphatic heterocycles. The average Bonchev–Trinajstić information content (AvgIpc) is 2.37. The Morgan fingerprint density at radius 3 is 2.47 bits per heavy atom. The second-order valence-corrected chi connectivity index (χ2v) is 4.14. The van der Waals surface area contributed by atoms with Gasteiger partial charge in [0.15, 0.2) is 0 Å². The average molecular weight is 261 g/mol. The number of fused-ring (bicyclic) bond motifs is 1. The number of aliphatic carboxylic acids is 1. The predicted octanol–water partition coefficient (Wildman–Crippen LogP) is -1.66. The van der Waals surface area contributed by atoms with Crippen molar-refractivity contribution in [3.63, 3.8) is 0 Å². The normalized spacial score (nSPS) is 15.2. The van der Waals surface area contributed by atoms with E-state index < -0.39 is 23.8 Å². The van der Waals surface area contributed by atoms with Crippen molar-refractivity contribution in [1.29, 1.82) is 0 Å². The Bertz CT molecular complexity index is 681. The summed E-state index contributed by atoms with van der Waals surface area (Å²) in [6, 6.07) is 3.96. The molecule has 7 heteroatoms. The van der Waals surface area contributed by atoms with E-state index >= 15 is 0 Å². The molecule has 98 valence electrons. The smallest absolute Gasteiger partial charge is 0.338 e. The van der Waals surface area contributed by atoms with Crippen molar-refractivity contribution in [1.82, 2.24) is 0 Å². The van der Waals surface area contributed by atoms with Crippen LogP contribution in [-0.2, 0) is 20.8 Å². The molecule has 0 aromatic heterocycles. The van der Waals surface area contributed by atoms with E-state index in [-0.39, 0.29) is 6.42 Å². The lowest BCUT2D eigenvalue weighted by Gasteiger charge is -2.06. The molecule has 3 N–H and O–H groups in total. The van der Waals surface area contributed by atoms with E-state index in [2.05, 4.69) is 9.98 Å². The number of hydrogen-bond acceptors (Lipinski definition) is 4. The monoisotopic (exact) mass is 261 g/mol. The molecule has 1 aliphatic rings. The second-order valence-electron chi connectivity index (χ2n) is 4.14. The highest BCUT2D eigenvalue weighted by atomic mass is 16.4. The number of carboxylic acids is 1. The van der Waals surface area contributed by atoms with E-state index in [1.165, 1.54) is 0 Å². The Labute approximate surface area is 107 Å². The second kappa shape index (κ2) is 5.07. The molecular weight excluding hydrogens is 250 g/mol. The third-order valence-electron chi connectivity index (χ3n) is 2.73. The van der Waals surface area contributed by atoms with Crippen LogP contribution in [-0.4, -0.2) is 28.9 Å². The number of carbonyl (C=O) groups is 3. The topological polar surface area (TPSA) is 122 Å². The summed E-state index contributed by atoms with van der Waals surface area (Å²) in [5, 5.41) is 9.34. The number of carbonyl (C=O) groups excluding carboxylic acids is 2. The molecule has 7 nitrogen and oxygen atoms in total. The Balaban J connectivity index is 2.23. The van der Waals surface area contributed by atoms with Crippen molar-refractivity contribution < 1.29 is 19.5 Å². The molecule has 0 saturated carbocycles. The molecule has 2 amide bonds. The first-order valence-electron chi connectivity index (χ1n) is 5.60. The highest BCUT2D eigenvalue weighted by Gasteiger charge is 2.15. The van der Waals surface area contributed by atoms with Crippen LogP contribution in [0.25, 0.3) is 0 Å². The van der Waals surface area contributed by atoms with Gasteiger partial charge < -0.3 is 10.8 Å². The molecule has 0 radical (unpaired) electrons. The van der Waals surface area contributed by atoms with E-state index in [1.54, 1.807) is 18.2 Å². The number of carboxylic acid groups (broad SMARTS) is 1. The molecule has 1 aromatic rings. The first-order valence-corrected chi connectivity index (χ1v) is 5.60. The Morgan fingerprint density at radius 2 is 1.84 bits per heavy atom. The van der Waals surface area contributed by atoms with Crippen LogP contribution in [0, 0.1) is 0 Å². The van der Waals surface area contributed by atoms with Crippen molar-refractivity contribution in [2.24, 2.45) is 15.7 Å². The fourth-order valence-corrected chi connectivity index (χ4v) is 1.67. The highest BCUT2D eigenvalue weighted by Crippen LogP contribution is 2.01. The van der Waals surface area contributed by atoms with E-state index in [0.29, 0.717) is 17.1 Å². The minimum absolute atomic E-state index is 0.276. The lowest BCUT2D eigenvalue weighted by atomic mass is 10.1. The van der Waals surface area contributed by atoms with Crippen LogP contribution in [0.3, 0.4) is 0 Å². The van der Waals surface area contributed by atoms with Crippen LogP contribution >= 0.6 is 0 Å². The molecule has 0 bridgehead atoms. The Hall–Kier alpha value is -2.41. The van der Waals surface area contributed by atoms with E-state index in [4.69, 9.17) is 10.8 Å². The van der Waals surface area contributed by atoms with Crippen molar-refractivity contribution >= 4 is 17.8 Å². The largest absolute Gasteiger partial charge is 0.480 e. The van der Waals surface area contributed by atoms with Crippen LogP contribution < -0.4 is 16.4 Å². The number of hydrogen-bond donors (Lipinski definition) is 2. The van der Waals surface area contributed by atoms with Crippen LogP contribution in [0.5, 0.6) is 0 Å². The summed E-state index contributed by atoms with van der Waals surface area (Å²) in [6.45, 7) is 0. The van der Waals surface area contributed by atoms with Gasteiger partial charge in [0, 0.05) is 0 Å². The quantitative estimate of drug-likeness (QED) is 0.628. The molecule has 0 unspecified atom stereocenters. The summed E-state index contributed by atoms with van der Waals surface area (Å²) in [6.07, 6.45) is 0.719. The molecule has 0 aliphatic carbocycles. The lowest BCUT2D eigenvalue weighted by molar-refractivity contribution is -0.138. The summed E-state index contributed by atoms with van der Waals surface area (Å²) in [7, 11) is 0. The van der Waals surface area contributed by atoms with Crippen LogP contribution in [0.15, 0.2) is 28.2 Å². The van der Waals surface area contributed by atoms with Gasteiger partial charge in [-0.2, -0.15) is 0 Å². The van der Waals surface area contributed by atoms with Crippen molar-refractivity contribution in [2.45, 2.75) is 18.9 Å². The molecule has 0 spiro atoms. The number of nitrogens with two attached hydrogens (primary N) is 1. The number of aryl methyl sites for hydroxylation is 1. The fourth-order valence-electron chi connectivity index (χ4n) is 1.67. The van der Waals surface area contributed by atoms with Gasteiger partial charge in [-0.05, 0) is 30.5 Å². The Kier molecular flexibility index (Phi) is 3.48. The van der Waals surface area contributed by atoms with E-state index in [1.807, 2.05) is 0 Å². The lowest BCUT2D eigenvalue weighted by Crippen LogP contribution is -2.35. The standard InChI is InChI=1S/C12H11N3O4/c13-7(12(18)19)3-1-6-2-4-8-9(5-6)15-11(17)10(16)14-8/h2,4-5,7H,1,3,13H2,(H,18,19)/t7-/m0/s1. The van der Waals surface area contributed by atoms with Crippen LogP contribution in [0.1, 0.15) is 12.0 Å². The minimum atomic E-state index is -1.06. The first kappa shape index (κ1) is 13.0. The summed E-state index contributed by atoms with van der Waals surface area (Å²) >= 11 is 0. The molecule has 2 rings (SSSR count). The minimum Gasteiger partial charge on any atom is -0.480 e. The molecule has 1 atom stereocenters. The molecule has 0 saturated heterocycles. The maximum absolute atomic E-state index is 11.1. The van der Waals surface area contributed by atoms with Gasteiger partial charge in [-0.1, -0.05) is 6.07 Å². The third kappa shape index (κ3) is 2.89. The zero-order valence-corrected chi connectivity index (χ0v) is 9.87. The maximum atomic E-state index is 11.1. The van der Waals surface area contributed by atoms with Crippen LogP contribution in [0.2, 0.25) is 0 Å². The number of amides is 2. The molecule has 1 heterocycles. The van der Waals surface area contributed by atoms with E-state index in [9.17, 15) is 14.4 Å². The fraction of sp³-hybridized carbons (Fsp3) is 0.250. The zero-order valence-electron chi connectivity index (χ0n) is 9.87. The predicted molar refractivity (Wildman–Crippen MR) is 62.7 cm³/mol. The molecule has 0 fully saturated rings. The highest BCUT2D eigenvalue weighted by molar-refractivity contribution is 6.36. The van der Waals surface area contributed by atoms with Gasteiger partial charge in [-0.25, -0.2) is 9.98 Å². The number of nitrogens with zero attached hydrogens (tertiary/aromatic N) is 2. The number of rotatable bonds is 4. The van der Waals surface area contributed by atoms with Crippen LogP contribution in [0.4, 0.5) is 0 Å². The van der Waals surface area contributed by atoms with Gasteiger partial charge >= 0.3 is 17.8 Å². The number of benzene rings is 1.